The third kappa shape index (κ3) is 3.18. The number of likely N-dealkylation sites (N-methyl/N-ethyl adjacent to an activating group) is 1. The number of carbonyl (C=O) groups excluding carboxylic acids is 1. The van der Waals surface area contributed by atoms with Crippen LogP contribution in [0.15, 0.2) is 55.1 Å². The highest BCUT2D eigenvalue weighted by Gasteiger charge is 2.25. The first-order valence-electron chi connectivity index (χ1n) is 8.54. The molecule has 1 amide bonds. The van der Waals surface area contributed by atoms with Crippen molar-refractivity contribution in [2.45, 2.75) is 12.5 Å². The van der Waals surface area contributed by atoms with Gasteiger partial charge < -0.3 is 9.64 Å². The van der Waals surface area contributed by atoms with Crippen LogP contribution in [0, 0.1) is 0 Å². The molecule has 0 saturated carbocycles. The Kier molecular flexibility index (Phi) is 4.16. The van der Waals surface area contributed by atoms with Crippen LogP contribution >= 0.6 is 0 Å². The molecule has 1 aliphatic rings. The fourth-order valence-corrected chi connectivity index (χ4v) is 3.25. The van der Waals surface area contributed by atoms with Gasteiger partial charge in [-0.3, -0.25) is 14.5 Å². The number of carbonyl (C=O) groups is 1. The van der Waals surface area contributed by atoms with Crippen LogP contribution in [0.4, 0.5) is 0 Å². The molecule has 0 spiro atoms. The van der Waals surface area contributed by atoms with Crippen molar-refractivity contribution in [3.8, 4) is 16.9 Å². The van der Waals surface area contributed by atoms with E-state index in [9.17, 15) is 4.79 Å². The van der Waals surface area contributed by atoms with E-state index in [0.29, 0.717) is 12.1 Å². The van der Waals surface area contributed by atoms with Gasteiger partial charge in [-0.1, -0.05) is 18.2 Å². The van der Waals surface area contributed by atoms with Gasteiger partial charge in [-0.25, -0.2) is 0 Å². The Bertz CT molecular complexity index is 925. The Morgan fingerprint density at radius 1 is 1.27 bits per heavy atom. The van der Waals surface area contributed by atoms with Gasteiger partial charge in [0.25, 0.3) is 5.91 Å². The summed E-state index contributed by atoms with van der Waals surface area (Å²) in [6.45, 7) is 0.532. The minimum atomic E-state index is -0.0669. The van der Waals surface area contributed by atoms with Crippen LogP contribution in [0.3, 0.4) is 0 Å². The second-order valence-corrected chi connectivity index (χ2v) is 6.60. The van der Waals surface area contributed by atoms with E-state index in [4.69, 9.17) is 4.74 Å². The van der Waals surface area contributed by atoms with E-state index >= 15 is 0 Å². The zero-order valence-electron chi connectivity index (χ0n) is 14.8. The molecule has 0 aliphatic carbocycles. The van der Waals surface area contributed by atoms with Crippen molar-refractivity contribution in [2.24, 2.45) is 7.05 Å². The van der Waals surface area contributed by atoms with E-state index in [2.05, 4.69) is 16.1 Å². The van der Waals surface area contributed by atoms with Gasteiger partial charge in [0.05, 0.1) is 18.3 Å². The molecule has 3 aromatic rings. The maximum atomic E-state index is 12.8. The highest BCUT2D eigenvalue weighted by Crippen LogP contribution is 2.28. The van der Waals surface area contributed by atoms with Crippen molar-refractivity contribution in [1.82, 2.24) is 19.7 Å². The van der Waals surface area contributed by atoms with E-state index in [-0.39, 0.29) is 12.0 Å². The first kappa shape index (κ1) is 16.3. The van der Waals surface area contributed by atoms with E-state index in [0.717, 1.165) is 23.3 Å². The SMILES string of the molecule is CN(C[C@H]1Cc2ccccc2O1)C(=O)c1cncc(-c2cnn(C)c2)c1. The Morgan fingerprint density at radius 3 is 2.88 bits per heavy atom. The minimum Gasteiger partial charge on any atom is -0.488 e. The highest BCUT2D eigenvalue weighted by atomic mass is 16.5. The number of rotatable bonds is 4. The van der Waals surface area contributed by atoms with Gasteiger partial charge in [-0.2, -0.15) is 5.10 Å². The number of aryl methyl sites for hydroxylation is 1. The van der Waals surface area contributed by atoms with Crippen LogP contribution in [-0.4, -0.2) is 45.3 Å². The molecule has 0 N–H and O–H groups in total. The van der Waals surface area contributed by atoms with Crippen molar-refractivity contribution in [3.63, 3.8) is 0 Å². The van der Waals surface area contributed by atoms with Gasteiger partial charge in [0.15, 0.2) is 0 Å². The number of pyridine rings is 1. The average Bonchev–Trinajstić information content (AvgIpc) is 3.26. The maximum absolute atomic E-state index is 12.8. The summed E-state index contributed by atoms with van der Waals surface area (Å²) in [7, 11) is 3.66. The second kappa shape index (κ2) is 6.63. The molecule has 2 aromatic heterocycles. The van der Waals surface area contributed by atoms with Gasteiger partial charge in [0.1, 0.15) is 11.9 Å². The molecule has 6 heteroatoms. The quantitative estimate of drug-likeness (QED) is 0.727. The summed E-state index contributed by atoms with van der Waals surface area (Å²) in [5, 5.41) is 4.17. The van der Waals surface area contributed by atoms with Crippen molar-refractivity contribution in [3.05, 3.63) is 66.2 Å². The standard InChI is InChI=1S/C20H20N4O2/c1-23(13-18-8-14-5-3-4-6-19(14)26-18)20(25)16-7-15(9-21-10-16)17-11-22-24(2)12-17/h3-7,9-12,18H,8,13H2,1-2H3/t18-/m1/s1. The number of para-hydroxylation sites is 1. The maximum Gasteiger partial charge on any atom is 0.255 e. The van der Waals surface area contributed by atoms with Gasteiger partial charge >= 0.3 is 0 Å². The predicted octanol–water partition coefficient (Wildman–Crippen LogP) is 2.56. The lowest BCUT2D eigenvalue weighted by Crippen LogP contribution is -2.36. The highest BCUT2D eigenvalue weighted by molar-refractivity contribution is 5.94. The lowest BCUT2D eigenvalue weighted by atomic mass is 10.1. The summed E-state index contributed by atoms with van der Waals surface area (Å²) in [5.41, 5.74) is 3.57. The summed E-state index contributed by atoms with van der Waals surface area (Å²) in [6.07, 6.45) is 7.81. The Balaban J connectivity index is 1.46. The van der Waals surface area contributed by atoms with Crippen LogP contribution in [0.5, 0.6) is 5.75 Å². The molecule has 132 valence electrons. The van der Waals surface area contributed by atoms with Gasteiger partial charge in [0.2, 0.25) is 0 Å². The van der Waals surface area contributed by atoms with Crippen molar-refractivity contribution in [1.29, 1.82) is 0 Å². The molecule has 4 rings (SSSR count). The van der Waals surface area contributed by atoms with Crippen LogP contribution < -0.4 is 4.74 Å². The summed E-state index contributed by atoms with van der Waals surface area (Å²) in [4.78, 5) is 18.7. The molecule has 0 fully saturated rings. The van der Waals surface area contributed by atoms with Gasteiger partial charge in [0, 0.05) is 50.2 Å². The van der Waals surface area contributed by atoms with Crippen LogP contribution in [-0.2, 0) is 13.5 Å². The molecular formula is C20H20N4O2. The average molecular weight is 348 g/mol. The van der Waals surface area contributed by atoms with E-state index < -0.39 is 0 Å². The normalized spacial score (nSPS) is 15.4. The first-order chi connectivity index (χ1) is 12.6. The topological polar surface area (TPSA) is 60.2 Å². The molecule has 1 aromatic carbocycles. The lowest BCUT2D eigenvalue weighted by molar-refractivity contribution is 0.0730. The molecule has 0 unspecified atom stereocenters. The zero-order valence-corrected chi connectivity index (χ0v) is 14.8. The Labute approximate surface area is 152 Å². The molecule has 0 radical (unpaired) electrons. The third-order valence-corrected chi connectivity index (χ3v) is 4.56. The van der Waals surface area contributed by atoms with Crippen LogP contribution in [0.2, 0.25) is 0 Å². The van der Waals surface area contributed by atoms with Crippen LogP contribution in [0.25, 0.3) is 11.1 Å². The molecule has 1 atom stereocenters. The Morgan fingerprint density at radius 2 is 2.12 bits per heavy atom. The van der Waals surface area contributed by atoms with Crippen molar-refractivity contribution >= 4 is 5.91 Å². The number of hydrogen-bond donors (Lipinski definition) is 0. The monoisotopic (exact) mass is 348 g/mol. The van der Waals surface area contributed by atoms with E-state index in [1.165, 1.54) is 5.56 Å². The molecular weight excluding hydrogens is 328 g/mol. The van der Waals surface area contributed by atoms with Crippen molar-refractivity contribution in [2.75, 3.05) is 13.6 Å². The summed E-state index contributed by atoms with van der Waals surface area (Å²) in [6, 6.07) is 9.87. The smallest absolute Gasteiger partial charge is 0.255 e. The first-order valence-corrected chi connectivity index (χ1v) is 8.54. The van der Waals surface area contributed by atoms with E-state index in [1.54, 1.807) is 35.2 Å². The number of ether oxygens (including phenoxy) is 1. The molecule has 0 saturated heterocycles. The second-order valence-electron chi connectivity index (χ2n) is 6.60. The fourth-order valence-electron chi connectivity index (χ4n) is 3.25. The number of benzene rings is 1. The summed E-state index contributed by atoms with van der Waals surface area (Å²) in [5.74, 6) is 0.849. The minimum absolute atomic E-state index is 0.0178. The molecule has 6 nitrogen and oxygen atoms in total. The molecule has 26 heavy (non-hydrogen) atoms. The molecule has 1 aliphatic heterocycles. The largest absolute Gasteiger partial charge is 0.488 e. The number of hydrogen-bond acceptors (Lipinski definition) is 4. The Hall–Kier alpha value is -3.15. The van der Waals surface area contributed by atoms with Crippen LogP contribution in [0.1, 0.15) is 15.9 Å². The number of amides is 1. The molecule has 0 bridgehead atoms. The lowest BCUT2D eigenvalue weighted by Gasteiger charge is -2.21. The van der Waals surface area contributed by atoms with Crippen molar-refractivity contribution < 1.29 is 9.53 Å². The summed E-state index contributed by atoms with van der Waals surface area (Å²) < 4.78 is 7.67. The fraction of sp³-hybridized carbons (Fsp3) is 0.250. The summed E-state index contributed by atoms with van der Waals surface area (Å²) >= 11 is 0. The number of aromatic nitrogens is 3. The number of nitrogens with zero attached hydrogens (tertiary/aromatic N) is 4. The van der Waals surface area contributed by atoms with E-state index in [1.807, 2.05) is 37.5 Å². The number of fused-ring (bicyclic) bond motifs is 1. The van der Waals surface area contributed by atoms with Gasteiger partial charge in [-0.15, -0.1) is 0 Å². The zero-order chi connectivity index (χ0) is 18.1. The predicted molar refractivity (Wildman–Crippen MR) is 98.0 cm³/mol. The third-order valence-electron chi connectivity index (χ3n) is 4.56. The van der Waals surface area contributed by atoms with Gasteiger partial charge in [-0.05, 0) is 17.7 Å². The molecule has 3 heterocycles.